The smallest absolute Gasteiger partial charge is 0.351 e. The third-order valence-electron chi connectivity index (χ3n) is 6.19. The van der Waals surface area contributed by atoms with E-state index in [9.17, 15) is 19.5 Å². The van der Waals surface area contributed by atoms with Gasteiger partial charge in [0.25, 0.3) is 0 Å². The van der Waals surface area contributed by atoms with Crippen molar-refractivity contribution >= 4 is 17.8 Å². The summed E-state index contributed by atoms with van der Waals surface area (Å²) < 4.78 is 21.3. The van der Waals surface area contributed by atoms with Gasteiger partial charge in [0.1, 0.15) is 29.4 Å². The van der Waals surface area contributed by atoms with Crippen molar-refractivity contribution in [2.24, 2.45) is 0 Å². The molecule has 0 amide bonds. The van der Waals surface area contributed by atoms with E-state index in [0.29, 0.717) is 31.0 Å². The van der Waals surface area contributed by atoms with Gasteiger partial charge in [0, 0.05) is 18.6 Å². The van der Waals surface area contributed by atoms with Crippen molar-refractivity contribution in [3.05, 3.63) is 75.4 Å². The average molecular weight is 511 g/mol. The summed E-state index contributed by atoms with van der Waals surface area (Å²) in [5.41, 5.74) is -0.227. The maximum Gasteiger partial charge on any atom is 0.351 e. The van der Waals surface area contributed by atoms with Gasteiger partial charge in [-0.25, -0.2) is 4.79 Å². The van der Waals surface area contributed by atoms with Gasteiger partial charge in [-0.05, 0) is 62.0 Å². The Morgan fingerprint density at radius 3 is 2.62 bits per heavy atom. The summed E-state index contributed by atoms with van der Waals surface area (Å²) in [7, 11) is 1.33. The van der Waals surface area contributed by atoms with Crippen LogP contribution >= 0.6 is 0 Å². The Labute approximate surface area is 216 Å². The topological polar surface area (TPSA) is 112 Å². The highest BCUT2D eigenvalue weighted by Crippen LogP contribution is 2.26. The van der Waals surface area contributed by atoms with Gasteiger partial charge in [0.05, 0.1) is 19.6 Å². The average Bonchev–Trinajstić information content (AvgIpc) is 3.41. The monoisotopic (exact) mass is 510 g/mol. The molecule has 0 spiro atoms. The zero-order valence-corrected chi connectivity index (χ0v) is 21.5. The molecule has 0 radical (unpaired) electrons. The number of aromatic hydroxyl groups is 1. The number of hydrogen-bond donors (Lipinski definition) is 1. The molecule has 1 aromatic heterocycles. The molecule has 3 rings (SSSR count). The van der Waals surface area contributed by atoms with E-state index in [2.05, 4.69) is 4.74 Å². The van der Waals surface area contributed by atoms with E-state index in [1.165, 1.54) is 13.2 Å². The summed E-state index contributed by atoms with van der Waals surface area (Å²) in [6.45, 7) is 4.72. The van der Waals surface area contributed by atoms with E-state index in [4.69, 9.17) is 13.9 Å². The quantitative estimate of drug-likeness (QED) is 0.180. The highest BCUT2D eigenvalue weighted by Gasteiger charge is 2.22. The van der Waals surface area contributed by atoms with Crippen LogP contribution in [0.2, 0.25) is 0 Å². The Morgan fingerprint density at radius 1 is 1.22 bits per heavy atom. The SMILES string of the molecule is COC(=O)C/C=C/CCC(C)c1cc(O)c(C(=O)C(C)=Cc2ccc(OCC3CCCO3)cc2)c(=O)o1. The highest BCUT2D eigenvalue weighted by molar-refractivity contribution is 6.12. The van der Waals surface area contributed by atoms with Gasteiger partial charge in [0.2, 0.25) is 0 Å². The van der Waals surface area contributed by atoms with Crippen molar-refractivity contribution in [1.29, 1.82) is 0 Å². The minimum Gasteiger partial charge on any atom is -0.507 e. The lowest BCUT2D eigenvalue weighted by Crippen LogP contribution is -2.16. The fourth-order valence-corrected chi connectivity index (χ4v) is 3.96. The van der Waals surface area contributed by atoms with Crippen LogP contribution in [0.5, 0.6) is 11.5 Å². The van der Waals surface area contributed by atoms with E-state index < -0.39 is 17.2 Å². The maximum atomic E-state index is 12.9. The lowest BCUT2D eigenvalue weighted by atomic mass is 9.99. The van der Waals surface area contributed by atoms with Gasteiger partial charge >= 0.3 is 11.6 Å². The second kappa shape index (κ2) is 13.6. The molecule has 1 aromatic carbocycles. The predicted molar refractivity (Wildman–Crippen MR) is 139 cm³/mol. The number of carbonyl (C=O) groups is 2. The number of Topliss-reactive ketones (excluding diaryl/α,β-unsaturated/α-hetero) is 1. The number of ketones is 1. The molecular formula is C29H34O8. The van der Waals surface area contributed by atoms with Gasteiger partial charge in [-0.2, -0.15) is 0 Å². The molecule has 1 aliphatic heterocycles. The van der Waals surface area contributed by atoms with Gasteiger partial charge < -0.3 is 23.7 Å². The molecule has 1 saturated heterocycles. The van der Waals surface area contributed by atoms with Crippen molar-refractivity contribution in [2.75, 3.05) is 20.3 Å². The Kier molecular flexibility index (Phi) is 10.3. The zero-order valence-electron chi connectivity index (χ0n) is 21.5. The second-order valence-corrected chi connectivity index (χ2v) is 9.10. The fourth-order valence-electron chi connectivity index (χ4n) is 3.96. The first-order valence-electron chi connectivity index (χ1n) is 12.4. The fraction of sp³-hybridized carbons (Fsp3) is 0.414. The summed E-state index contributed by atoms with van der Waals surface area (Å²) >= 11 is 0. The molecule has 2 aromatic rings. The van der Waals surface area contributed by atoms with Crippen LogP contribution in [0.3, 0.4) is 0 Å². The molecule has 2 unspecified atom stereocenters. The Balaban J connectivity index is 1.61. The van der Waals surface area contributed by atoms with E-state index in [1.807, 2.05) is 37.3 Å². The van der Waals surface area contributed by atoms with E-state index in [1.54, 1.807) is 19.1 Å². The van der Waals surface area contributed by atoms with Crippen molar-refractivity contribution in [2.45, 2.75) is 58.0 Å². The Morgan fingerprint density at radius 2 is 1.97 bits per heavy atom. The summed E-state index contributed by atoms with van der Waals surface area (Å²) in [6.07, 6.45) is 8.85. The molecule has 0 aliphatic carbocycles. The lowest BCUT2D eigenvalue weighted by Gasteiger charge is -2.12. The molecule has 8 heteroatoms. The molecular weight excluding hydrogens is 476 g/mol. The van der Waals surface area contributed by atoms with Crippen LogP contribution in [-0.2, 0) is 14.3 Å². The number of methoxy groups -OCH3 is 1. The van der Waals surface area contributed by atoms with Crippen LogP contribution < -0.4 is 10.4 Å². The van der Waals surface area contributed by atoms with E-state index in [0.717, 1.165) is 25.0 Å². The molecule has 198 valence electrons. The van der Waals surface area contributed by atoms with Crippen LogP contribution in [0.25, 0.3) is 6.08 Å². The van der Waals surface area contributed by atoms with Gasteiger partial charge in [-0.3, -0.25) is 9.59 Å². The minimum atomic E-state index is -0.876. The number of ether oxygens (including phenoxy) is 3. The molecule has 0 bridgehead atoms. The molecule has 1 aliphatic rings. The maximum absolute atomic E-state index is 12.9. The van der Waals surface area contributed by atoms with Crippen molar-refractivity contribution in [3.63, 3.8) is 0 Å². The Bertz CT molecular complexity index is 1180. The highest BCUT2D eigenvalue weighted by atomic mass is 16.5. The van der Waals surface area contributed by atoms with E-state index in [-0.39, 0.29) is 35.5 Å². The van der Waals surface area contributed by atoms with Crippen molar-refractivity contribution in [3.8, 4) is 11.5 Å². The predicted octanol–water partition coefficient (Wildman–Crippen LogP) is 5.19. The molecule has 2 heterocycles. The first-order chi connectivity index (χ1) is 17.8. The number of carbonyl (C=O) groups excluding carboxylic acids is 2. The van der Waals surface area contributed by atoms with Crippen molar-refractivity contribution in [1.82, 2.24) is 0 Å². The summed E-state index contributed by atoms with van der Waals surface area (Å²) in [5.74, 6) is -0.506. The first kappa shape index (κ1) is 27.9. The van der Waals surface area contributed by atoms with Gasteiger partial charge in [-0.1, -0.05) is 31.2 Å². The van der Waals surface area contributed by atoms with Crippen LogP contribution in [0.4, 0.5) is 0 Å². The number of hydrogen-bond acceptors (Lipinski definition) is 8. The molecule has 2 atom stereocenters. The van der Waals surface area contributed by atoms with E-state index >= 15 is 0 Å². The molecule has 1 N–H and O–H groups in total. The number of rotatable bonds is 12. The molecule has 8 nitrogen and oxygen atoms in total. The lowest BCUT2D eigenvalue weighted by molar-refractivity contribution is -0.139. The third kappa shape index (κ3) is 8.18. The van der Waals surface area contributed by atoms with Gasteiger partial charge in [-0.15, -0.1) is 0 Å². The molecule has 1 fully saturated rings. The van der Waals surface area contributed by atoms with Crippen LogP contribution in [0.1, 0.15) is 73.6 Å². The molecule has 0 saturated carbocycles. The van der Waals surface area contributed by atoms with Crippen molar-refractivity contribution < 1.29 is 33.3 Å². The number of esters is 1. The summed E-state index contributed by atoms with van der Waals surface area (Å²) in [4.78, 5) is 36.7. The first-order valence-corrected chi connectivity index (χ1v) is 12.4. The summed E-state index contributed by atoms with van der Waals surface area (Å²) in [5, 5.41) is 10.5. The normalized spacial score (nSPS) is 16.6. The van der Waals surface area contributed by atoms with Crippen LogP contribution in [0, 0.1) is 0 Å². The number of benzene rings is 1. The second-order valence-electron chi connectivity index (χ2n) is 9.10. The van der Waals surface area contributed by atoms with Crippen LogP contribution in [-0.4, -0.2) is 43.3 Å². The third-order valence-corrected chi connectivity index (χ3v) is 6.19. The minimum absolute atomic E-state index is 0.128. The van der Waals surface area contributed by atoms with Gasteiger partial charge in [0.15, 0.2) is 5.78 Å². The number of allylic oxidation sites excluding steroid dienone is 2. The molecule has 37 heavy (non-hydrogen) atoms. The summed E-state index contributed by atoms with van der Waals surface area (Å²) in [6, 6.07) is 8.57. The Hall–Kier alpha value is -3.65. The zero-order chi connectivity index (χ0) is 26.8. The standard InChI is InChI=1S/C29H34O8/c1-19(8-5-4-6-10-26(31)34-3)25-17-24(30)27(29(33)37-25)28(32)20(2)16-21-11-13-22(14-12-21)36-18-23-9-7-15-35-23/h4,6,11-14,16-17,19,23,30H,5,7-10,15,18H2,1-3H3/b6-4+,20-16?. The largest absolute Gasteiger partial charge is 0.507 e. The van der Waals surface area contributed by atoms with Crippen LogP contribution in [0.15, 0.2) is 57.3 Å².